The molecule has 7 nitrogen and oxygen atoms in total. The Labute approximate surface area is 147 Å². The van der Waals surface area contributed by atoms with Crippen molar-refractivity contribution < 1.29 is 18.1 Å². The van der Waals surface area contributed by atoms with Crippen LogP contribution >= 0.6 is 0 Å². The van der Waals surface area contributed by atoms with Crippen molar-refractivity contribution in [3.8, 4) is 0 Å². The van der Waals surface area contributed by atoms with Crippen molar-refractivity contribution in [1.29, 1.82) is 0 Å². The fraction of sp³-hybridized carbons (Fsp3) is 0.375. The SMILES string of the molecule is O=[N+]([O-])c1cccc(CN2CCN(c3nccc(C(F)(F)F)n3)CC2)c1. The molecule has 2 heterocycles. The van der Waals surface area contributed by atoms with Crippen LogP contribution in [0.4, 0.5) is 24.8 Å². The molecule has 0 spiro atoms. The van der Waals surface area contributed by atoms with E-state index in [1.807, 2.05) is 6.07 Å². The van der Waals surface area contributed by atoms with Gasteiger partial charge in [0.2, 0.25) is 5.95 Å². The lowest BCUT2D eigenvalue weighted by Crippen LogP contribution is -2.46. The van der Waals surface area contributed by atoms with Gasteiger partial charge in [-0.1, -0.05) is 12.1 Å². The highest BCUT2D eigenvalue weighted by Crippen LogP contribution is 2.28. The predicted molar refractivity (Wildman–Crippen MR) is 87.6 cm³/mol. The number of anilines is 1. The second kappa shape index (κ2) is 7.24. The van der Waals surface area contributed by atoms with Crippen molar-refractivity contribution in [2.24, 2.45) is 0 Å². The highest BCUT2D eigenvalue weighted by atomic mass is 19.4. The summed E-state index contributed by atoms with van der Waals surface area (Å²) in [5.41, 5.74) is -0.0944. The lowest BCUT2D eigenvalue weighted by atomic mass is 10.2. The van der Waals surface area contributed by atoms with Gasteiger partial charge < -0.3 is 4.90 Å². The fourth-order valence-electron chi connectivity index (χ4n) is 2.79. The third kappa shape index (κ3) is 4.26. The molecular weight excluding hydrogens is 351 g/mol. The molecular formula is C16H16F3N5O2. The highest BCUT2D eigenvalue weighted by molar-refractivity contribution is 5.35. The molecule has 0 radical (unpaired) electrons. The molecule has 0 bridgehead atoms. The van der Waals surface area contributed by atoms with Crippen LogP contribution in [-0.4, -0.2) is 46.0 Å². The highest BCUT2D eigenvalue weighted by Gasteiger charge is 2.33. The number of nitro groups is 1. The number of rotatable bonds is 4. The van der Waals surface area contributed by atoms with Crippen LogP contribution in [-0.2, 0) is 12.7 Å². The van der Waals surface area contributed by atoms with Crippen molar-refractivity contribution in [3.05, 3.63) is 57.9 Å². The van der Waals surface area contributed by atoms with E-state index in [2.05, 4.69) is 14.9 Å². The molecule has 1 aliphatic rings. The summed E-state index contributed by atoms with van der Waals surface area (Å²) < 4.78 is 38.3. The van der Waals surface area contributed by atoms with Gasteiger partial charge in [-0.25, -0.2) is 9.97 Å². The van der Waals surface area contributed by atoms with E-state index in [0.717, 1.165) is 17.8 Å². The van der Waals surface area contributed by atoms with Gasteiger partial charge in [-0.2, -0.15) is 13.2 Å². The number of piperazine rings is 1. The topological polar surface area (TPSA) is 75.4 Å². The van der Waals surface area contributed by atoms with Crippen LogP contribution < -0.4 is 4.90 Å². The second-order valence-corrected chi connectivity index (χ2v) is 5.93. The minimum atomic E-state index is -4.50. The molecule has 2 aromatic rings. The van der Waals surface area contributed by atoms with E-state index in [1.165, 1.54) is 12.1 Å². The molecule has 0 atom stereocenters. The summed E-state index contributed by atoms with van der Waals surface area (Å²) in [6, 6.07) is 7.27. The smallest absolute Gasteiger partial charge is 0.338 e. The predicted octanol–water partition coefficient (Wildman–Crippen LogP) is 2.73. The molecule has 26 heavy (non-hydrogen) atoms. The van der Waals surface area contributed by atoms with Gasteiger partial charge in [0, 0.05) is 51.1 Å². The number of halogens is 3. The van der Waals surface area contributed by atoms with E-state index in [4.69, 9.17) is 0 Å². The molecule has 1 aliphatic heterocycles. The van der Waals surface area contributed by atoms with Gasteiger partial charge in [0.05, 0.1) is 4.92 Å². The zero-order valence-corrected chi connectivity index (χ0v) is 13.7. The molecule has 0 unspecified atom stereocenters. The Kier molecular flexibility index (Phi) is 5.03. The third-order valence-corrected chi connectivity index (χ3v) is 4.12. The minimum absolute atomic E-state index is 0.0403. The molecule has 1 aromatic heterocycles. The number of alkyl halides is 3. The number of benzene rings is 1. The van der Waals surface area contributed by atoms with E-state index >= 15 is 0 Å². The summed E-state index contributed by atoms with van der Waals surface area (Å²) in [6.45, 7) is 2.70. The van der Waals surface area contributed by atoms with E-state index in [1.54, 1.807) is 11.0 Å². The van der Waals surface area contributed by atoms with Crippen LogP contribution in [0, 0.1) is 10.1 Å². The lowest BCUT2D eigenvalue weighted by molar-refractivity contribution is -0.384. The quantitative estimate of drug-likeness (QED) is 0.611. The summed E-state index contributed by atoms with van der Waals surface area (Å²) in [7, 11) is 0. The standard InChI is InChI=1S/C16H16F3N5O2/c17-16(18,19)14-4-5-20-15(21-14)23-8-6-22(7-9-23)11-12-2-1-3-13(10-12)24(25)26/h1-5,10H,6-9,11H2. The van der Waals surface area contributed by atoms with E-state index < -0.39 is 16.8 Å². The molecule has 0 aliphatic carbocycles. The first kappa shape index (κ1) is 18.1. The number of nitrogens with zero attached hydrogens (tertiary/aromatic N) is 5. The first-order valence-corrected chi connectivity index (χ1v) is 7.94. The van der Waals surface area contributed by atoms with Gasteiger partial charge in [0.1, 0.15) is 5.69 Å². The van der Waals surface area contributed by atoms with E-state index in [9.17, 15) is 23.3 Å². The van der Waals surface area contributed by atoms with E-state index in [0.29, 0.717) is 32.7 Å². The summed E-state index contributed by atoms with van der Waals surface area (Å²) >= 11 is 0. The molecule has 3 rings (SSSR count). The Bertz CT molecular complexity index is 791. The first-order chi connectivity index (χ1) is 12.3. The maximum Gasteiger partial charge on any atom is 0.433 e. The van der Waals surface area contributed by atoms with Crippen LogP contribution in [0.2, 0.25) is 0 Å². The first-order valence-electron chi connectivity index (χ1n) is 7.94. The van der Waals surface area contributed by atoms with Gasteiger partial charge in [0.25, 0.3) is 5.69 Å². The van der Waals surface area contributed by atoms with Crippen LogP contribution in [0.1, 0.15) is 11.3 Å². The summed E-state index contributed by atoms with van der Waals surface area (Å²) in [6.07, 6.45) is -3.39. The number of nitro benzene ring substituents is 1. The van der Waals surface area contributed by atoms with Crippen molar-refractivity contribution in [3.63, 3.8) is 0 Å². The largest absolute Gasteiger partial charge is 0.433 e. The van der Waals surface area contributed by atoms with Gasteiger partial charge in [-0.3, -0.25) is 15.0 Å². The molecule has 10 heteroatoms. The normalized spacial score (nSPS) is 15.9. The number of aromatic nitrogens is 2. The molecule has 1 aromatic carbocycles. The Hall–Kier alpha value is -2.75. The monoisotopic (exact) mass is 367 g/mol. The summed E-state index contributed by atoms with van der Waals surface area (Å²) in [5, 5.41) is 10.8. The van der Waals surface area contributed by atoms with E-state index in [-0.39, 0.29) is 11.6 Å². The van der Waals surface area contributed by atoms with Crippen LogP contribution in [0.25, 0.3) is 0 Å². The Morgan fingerprint density at radius 3 is 2.54 bits per heavy atom. The van der Waals surface area contributed by atoms with Crippen LogP contribution in [0.5, 0.6) is 0 Å². The molecule has 138 valence electrons. The fourth-order valence-corrected chi connectivity index (χ4v) is 2.79. The maximum absolute atomic E-state index is 12.8. The van der Waals surface area contributed by atoms with Crippen molar-refractivity contribution >= 4 is 11.6 Å². The average Bonchev–Trinajstić information content (AvgIpc) is 2.62. The lowest BCUT2D eigenvalue weighted by Gasteiger charge is -2.34. The second-order valence-electron chi connectivity index (χ2n) is 5.93. The number of non-ortho nitro benzene ring substituents is 1. The van der Waals surface area contributed by atoms with Gasteiger partial charge in [0.15, 0.2) is 0 Å². The molecule has 0 amide bonds. The van der Waals surface area contributed by atoms with Crippen LogP contribution in [0.3, 0.4) is 0 Å². The number of hydrogen-bond donors (Lipinski definition) is 0. The molecule has 0 N–H and O–H groups in total. The zero-order valence-electron chi connectivity index (χ0n) is 13.7. The molecule has 0 saturated carbocycles. The summed E-state index contributed by atoms with van der Waals surface area (Å²) in [5.74, 6) is 0.0647. The minimum Gasteiger partial charge on any atom is -0.338 e. The Morgan fingerprint density at radius 1 is 1.15 bits per heavy atom. The average molecular weight is 367 g/mol. The van der Waals surface area contributed by atoms with Gasteiger partial charge >= 0.3 is 6.18 Å². The molecule has 1 fully saturated rings. The van der Waals surface area contributed by atoms with Gasteiger partial charge in [-0.15, -0.1) is 0 Å². The molecule has 1 saturated heterocycles. The number of hydrogen-bond acceptors (Lipinski definition) is 6. The Balaban J connectivity index is 1.61. The van der Waals surface area contributed by atoms with Gasteiger partial charge in [-0.05, 0) is 11.6 Å². The van der Waals surface area contributed by atoms with Crippen LogP contribution in [0.15, 0.2) is 36.5 Å². The van der Waals surface area contributed by atoms with Crippen molar-refractivity contribution in [2.75, 3.05) is 31.1 Å². The maximum atomic E-state index is 12.8. The Morgan fingerprint density at radius 2 is 1.88 bits per heavy atom. The summed E-state index contributed by atoms with van der Waals surface area (Å²) in [4.78, 5) is 21.7. The van der Waals surface area contributed by atoms with Crippen molar-refractivity contribution in [1.82, 2.24) is 14.9 Å². The third-order valence-electron chi connectivity index (χ3n) is 4.12. The zero-order chi connectivity index (χ0) is 18.7. The van der Waals surface area contributed by atoms with Crippen molar-refractivity contribution in [2.45, 2.75) is 12.7 Å².